The largest absolute Gasteiger partial charge is 0.491 e. The first-order valence-electron chi connectivity index (χ1n) is 7.38. The Morgan fingerprint density at radius 1 is 1.35 bits per heavy atom. The molecule has 1 amide bonds. The molecule has 0 saturated carbocycles. The van der Waals surface area contributed by atoms with E-state index in [4.69, 9.17) is 4.74 Å². The van der Waals surface area contributed by atoms with Crippen LogP contribution in [0.4, 0.5) is 8.78 Å². The van der Waals surface area contributed by atoms with Gasteiger partial charge in [0.25, 0.3) is 0 Å². The molecule has 1 aliphatic heterocycles. The van der Waals surface area contributed by atoms with Gasteiger partial charge in [-0.1, -0.05) is 11.6 Å². The van der Waals surface area contributed by atoms with Crippen molar-refractivity contribution < 1.29 is 18.3 Å². The van der Waals surface area contributed by atoms with Gasteiger partial charge in [-0.2, -0.15) is 0 Å². The Labute approximate surface area is 140 Å². The minimum atomic E-state index is -0.734. The van der Waals surface area contributed by atoms with Crippen LogP contribution in [-0.2, 0) is 4.79 Å². The average Bonchev–Trinajstić information content (AvgIpc) is 2.52. The van der Waals surface area contributed by atoms with Gasteiger partial charge in [0.05, 0.1) is 6.61 Å². The monoisotopic (exact) mass is 346 g/mol. The first kappa shape index (κ1) is 19.4. The molecule has 4 nitrogen and oxygen atoms in total. The Balaban J connectivity index is 0.00000264. The Morgan fingerprint density at radius 2 is 2.17 bits per heavy atom. The summed E-state index contributed by atoms with van der Waals surface area (Å²) in [7, 11) is 0. The zero-order valence-electron chi connectivity index (χ0n) is 12.7. The Kier molecular flexibility index (Phi) is 8.58. The molecule has 23 heavy (non-hydrogen) atoms. The van der Waals surface area contributed by atoms with Gasteiger partial charge in [0.2, 0.25) is 5.91 Å². The molecule has 0 unspecified atom stereocenters. The minimum Gasteiger partial charge on any atom is -0.491 e. The molecule has 1 aromatic rings. The molecule has 2 rings (SSSR count). The number of hydrogen-bond acceptors (Lipinski definition) is 3. The standard InChI is InChI=1S/C16H20F2N2O2.ClH/c17-13-3-4-15(14(18)10-13)22-9-1-2-16(21)20-11-12-5-7-19-8-6-12;/h3-5,10,19H,1-2,6-9,11H2,(H,20,21);1H. The summed E-state index contributed by atoms with van der Waals surface area (Å²) in [6, 6.07) is 3.15. The van der Waals surface area contributed by atoms with Gasteiger partial charge in [-0.15, -0.1) is 12.4 Å². The third-order valence-corrected chi connectivity index (χ3v) is 3.37. The molecule has 0 aromatic heterocycles. The van der Waals surface area contributed by atoms with E-state index >= 15 is 0 Å². The lowest BCUT2D eigenvalue weighted by molar-refractivity contribution is -0.121. The second-order valence-corrected chi connectivity index (χ2v) is 5.12. The van der Waals surface area contributed by atoms with Crippen molar-refractivity contribution in [3.63, 3.8) is 0 Å². The van der Waals surface area contributed by atoms with Crippen LogP contribution in [-0.4, -0.2) is 32.1 Å². The second-order valence-electron chi connectivity index (χ2n) is 5.12. The Bertz CT molecular complexity index is 553. The fraction of sp³-hybridized carbons (Fsp3) is 0.438. The number of carbonyl (C=O) groups excluding carboxylic acids is 1. The number of benzene rings is 1. The van der Waals surface area contributed by atoms with Crippen molar-refractivity contribution in [1.82, 2.24) is 10.6 Å². The molecule has 0 aliphatic carbocycles. The van der Waals surface area contributed by atoms with Gasteiger partial charge in [0.1, 0.15) is 5.82 Å². The molecule has 0 radical (unpaired) electrons. The maximum absolute atomic E-state index is 13.3. The van der Waals surface area contributed by atoms with Crippen LogP contribution < -0.4 is 15.4 Å². The second kappa shape index (κ2) is 10.2. The predicted octanol–water partition coefficient (Wildman–Crippen LogP) is 2.58. The third-order valence-electron chi connectivity index (χ3n) is 3.37. The van der Waals surface area contributed by atoms with Crippen molar-refractivity contribution in [3.05, 3.63) is 41.5 Å². The first-order valence-corrected chi connectivity index (χ1v) is 7.38. The van der Waals surface area contributed by atoms with Gasteiger partial charge in [0.15, 0.2) is 11.6 Å². The van der Waals surface area contributed by atoms with Crippen LogP contribution in [0, 0.1) is 11.6 Å². The van der Waals surface area contributed by atoms with Crippen LogP contribution in [0.2, 0.25) is 0 Å². The van der Waals surface area contributed by atoms with Gasteiger partial charge in [-0.3, -0.25) is 4.79 Å². The first-order chi connectivity index (χ1) is 10.6. The number of carbonyl (C=O) groups is 1. The van der Waals surface area contributed by atoms with E-state index in [-0.39, 0.29) is 30.7 Å². The molecule has 128 valence electrons. The smallest absolute Gasteiger partial charge is 0.220 e. The van der Waals surface area contributed by atoms with E-state index in [0.29, 0.717) is 19.4 Å². The summed E-state index contributed by atoms with van der Waals surface area (Å²) in [4.78, 5) is 11.7. The molecular formula is C16H21ClF2N2O2. The quantitative estimate of drug-likeness (QED) is 0.589. The topological polar surface area (TPSA) is 50.4 Å². The number of rotatable bonds is 7. The average molecular weight is 347 g/mol. The third kappa shape index (κ3) is 6.97. The highest BCUT2D eigenvalue weighted by atomic mass is 35.5. The van der Waals surface area contributed by atoms with Crippen LogP contribution in [0.25, 0.3) is 0 Å². The zero-order chi connectivity index (χ0) is 15.8. The van der Waals surface area contributed by atoms with Crippen LogP contribution in [0.15, 0.2) is 29.8 Å². The summed E-state index contributed by atoms with van der Waals surface area (Å²) in [6.07, 6.45) is 3.83. The number of ether oxygens (including phenoxy) is 1. The SMILES string of the molecule is Cl.O=C(CCCOc1ccc(F)cc1F)NCC1=CCNCC1. The van der Waals surface area contributed by atoms with Crippen molar-refractivity contribution in [2.24, 2.45) is 0 Å². The van der Waals surface area contributed by atoms with Crippen molar-refractivity contribution >= 4 is 18.3 Å². The molecular weight excluding hydrogens is 326 g/mol. The highest BCUT2D eigenvalue weighted by Crippen LogP contribution is 2.17. The molecule has 0 atom stereocenters. The van der Waals surface area contributed by atoms with Gasteiger partial charge >= 0.3 is 0 Å². The molecule has 0 fully saturated rings. The molecule has 0 saturated heterocycles. The summed E-state index contributed by atoms with van der Waals surface area (Å²) in [5.74, 6) is -1.43. The summed E-state index contributed by atoms with van der Waals surface area (Å²) in [6.45, 7) is 2.58. The molecule has 7 heteroatoms. The molecule has 2 N–H and O–H groups in total. The molecule has 0 bridgehead atoms. The van der Waals surface area contributed by atoms with Crippen molar-refractivity contribution in [2.45, 2.75) is 19.3 Å². The lowest BCUT2D eigenvalue weighted by atomic mass is 10.1. The molecule has 1 aromatic carbocycles. The minimum absolute atomic E-state index is 0. The van der Waals surface area contributed by atoms with E-state index in [2.05, 4.69) is 16.7 Å². The van der Waals surface area contributed by atoms with Crippen LogP contribution >= 0.6 is 12.4 Å². The van der Waals surface area contributed by atoms with Crippen LogP contribution in [0.3, 0.4) is 0 Å². The van der Waals surface area contributed by atoms with Crippen LogP contribution in [0.1, 0.15) is 19.3 Å². The Morgan fingerprint density at radius 3 is 2.87 bits per heavy atom. The van der Waals surface area contributed by atoms with Gasteiger partial charge in [0, 0.05) is 25.6 Å². The maximum atomic E-state index is 13.3. The number of amides is 1. The zero-order valence-corrected chi connectivity index (χ0v) is 13.6. The fourth-order valence-electron chi connectivity index (χ4n) is 2.14. The highest BCUT2D eigenvalue weighted by molar-refractivity contribution is 5.85. The van der Waals surface area contributed by atoms with Gasteiger partial charge < -0.3 is 15.4 Å². The highest BCUT2D eigenvalue weighted by Gasteiger charge is 2.07. The van der Waals surface area contributed by atoms with E-state index in [9.17, 15) is 13.6 Å². The lowest BCUT2D eigenvalue weighted by Gasteiger charge is -2.14. The van der Waals surface area contributed by atoms with Crippen molar-refractivity contribution in [1.29, 1.82) is 0 Å². The number of halogens is 3. The molecule has 1 heterocycles. The van der Waals surface area contributed by atoms with E-state index in [1.807, 2.05) is 0 Å². The van der Waals surface area contributed by atoms with Crippen molar-refractivity contribution in [2.75, 3.05) is 26.2 Å². The summed E-state index contributed by atoms with van der Waals surface area (Å²) < 4.78 is 31.2. The molecule has 0 spiro atoms. The van der Waals surface area contributed by atoms with Crippen molar-refractivity contribution in [3.8, 4) is 5.75 Å². The number of nitrogens with one attached hydrogen (secondary N) is 2. The summed E-state index contributed by atoms with van der Waals surface area (Å²) in [5.41, 5.74) is 1.23. The Hall–Kier alpha value is -1.66. The van der Waals surface area contributed by atoms with Crippen LogP contribution in [0.5, 0.6) is 5.75 Å². The fourth-order valence-corrected chi connectivity index (χ4v) is 2.14. The van der Waals surface area contributed by atoms with E-state index in [1.54, 1.807) is 0 Å². The number of hydrogen-bond donors (Lipinski definition) is 2. The predicted molar refractivity (Wildman–Crippen MR) is 86.9 cm³/mol. The maximum Gasteiger partial charge on any atom is 0.220 e. The van der Waals surface area contributed by atoms with E-state index in [0.717, 1.165) is 31.6 Å². The summed E-state index contributed by atoms with van der Waals surface area (Å²) >= 11 is 0. The van der Waals surface area contributed by atoms with E-state index in [1.165, 1.54) is 11.6 Å². The van der Waals surface area contributed by atoms with Gasteiger partial charge in [-0.05, 0) is 31.5 Å². The molecule has 1 aliphatic rings. The summed E-state index contributed by atoms with van der Waals surface area (Å²) in [5, 5.41) is 6.06. The normalized spacial score (nSPS) is 13.7. The lowest BCUT2D eigenvalue weighted by Crippen LogP contribution is -2.29. The van der Waals surface area contributed by atoms with E-state index < -0.39 is 11.6 Å². The van der Waals surface area contributed by atoms with Gasteiger partial charge in [-0.25, -0.2) is 8.78 Å².